The summed E-state index contributed by atoms with van der Waals surface area (Å²) in [7, 11) is 0. The van der Waals surface area contributed by atoms with Crippen LogP contribution < -0.4 is 0 Å². The van der Waals surface area contributed by atoms with Gasteiger partial charge in [0.1, 0.15) is 13.2 Å². The van der Waals surface area contributed by atoms with Crippen LogP contribution in [-0.4, -0.2) is 37.2 Å². The van der Waals surface area contributed by atoms with Gasteiger partial charge in [0.2, 0.25) is 0 Å². The Balaban J connectivity index is 4.17. The van der Waals surface area contributed by atoms with Gasteiger partial charge in [-0.3, -0.25) is 14.4 Å². The fourth-order valence-electron chi connectivity index (χ4n) is 9.25. The highest BCUT2D eigenvalue weighted by atomic mass is 16.6. The zero-order valence-corrected chi connectivity index (χ0v) is 48.7. The van der Waals surface area contributed by atoms with Crippen LogP contribution >= 0.6 is 0 Å². The first-order valence-corrected chi connectivity index (χ1v) is 31.8. The summed E-state index contributed by atoms with van der Waals surface area (Å²) in [5.41, 5.74) is 0. The lowest BCUT2D eigenvalue weighted by atomic mass is 10.0. The van der Waals surface area contributed by atoms with Gasteiger partial charge in [0.05, 0.1) is 0 Å². The molecule has 0 aliphatic heterocycles. The van der Waals surface area contributed by atoms with E-state index in [-0.39, 0.29) is 31.1 Å². The van der Waals surface area contributed by atoms with E-state index in [1.807, 2.05) is 0 Å². The fourth-order valence-corrected chi connectivity index (χ4v) is 9.25. The quantitative estimate of drug-likeness (QED) is 0.0261. The van der Waals surface area contributed by atoms with Crippen LogP contribution in [0, 0.1) is 0 Å². The van der Waals surface area contributed by atoms with Crippen LogP contribution in [0.15, 0.2) is 60.8 Å². The first-order chi connectivity index (χ1) is 36.0. The second-order valence-electron chi connectivity index (χ2n) is 21.3. The second kappa shape index (κ2) is 61.7. The average Bonchev–Trinajstić information content (AvgIpc) is 3.39. The molecule has 0 N–H and O–H groups in total. The van der Waals surface area contributed by atoms with Gasteiger partial charge < -0.3 is 14.2 Å². The Morgan fingerprint density at radius 3 is 0.849 bits per heavy atom. The monoisotopic (exact) mass is 1020 g/mol. The SMILES string of the molecule is CC/C=C\C/C=C\C/C=C\C/C=C\CCCCCCCCC(=O)OC(COC(=O)CCCCCCCCCCC)COC(=O)CCCCCCCCCCCCCCCCC/C=C\CCCCCCCCCC. The average molecular weight is 1020 g/mol. The predicted octanol–water partition coefficient (Wildman–Crippen LogP) is 21.6. The molecule has 1 unspecified atom stereocenters. The highest BCUT2D eigenvalue weighted by Gasteiger charge is 2.19. The highest BCUT2D eigenvalue weighted by molar-refractivity contribution is 5.71. The summed E-state index contributed by atoms with van der Waals surface area (Å²) in [4.78, 5) is 38.1. The van der Waals surface area contributed by atoms with Gasteiger partial charge in [-0.2, -0.15) is 0 Å². The van der Waals surface area contributed by atoms with Crippen molar-refractivity contribution in [1.82, 2.24) is 0 Å². The molecule has 0 aliphatic rings. The molecule has 0 aromatic rings. The molecule has 0 bridgehead atoms. The Hall–Kier alpha value is -2.89. The maximum atomic E-state index is 12.9. The standard InChI is InChI=1S/C67H120O6/c1-4-7-10-13-16-19-21-23-25-27-29-30-31-32-33-34-35-36-38-39-41-43-45-48-51-54-57-60-66(69)72-63-64(62-71-65(68)59-56-53-50-47-18-15-12-9-6-3)73-67(70)61-58-55-52-49-46-44-42-40-37-28-26-24-22-20-17-14-11-8-5-2/h8,11,17,20,24,26-27,29,37,40,64H,4-7,9-10,12-16,18-19,21-23,25,28,30-36,38-39,41-63H2,1-3H3/b11-8-,20-17-,26-24-,29-27-,40-37-. The molecule has 0 aliphatic carbocycles. The van der Waals surface area contributed by atoms with Crippen LogP contribution in [0.1, 0.15) is 329 Å². The molecular weight excluding hydrogens is 901 g/mol. The minimum Gasteiger partial charge on any atom is -0.462 e. The van der Waals surface area contributed by atoms with Crippen molar-refractivity contribution in [1.29, 1.82) is 0 Å². The molecule has 1 atom stereocenters. The molecule has 0 spiro atoms. The molecule has 6 heteroatoms. The Morgan fingerprint density at radius 2 is 0.534 bits per heavy atom. The molecule has 424 valence electrons. The van der Waals surface area contributed by atoms with Crippen LogP contribution in [0.5, 0.6) is 0 Å². The molecule has 0 saturated heterocycles. The Bertz CT molecular complexity index is 1310. The number of hydrogen-bond acceptors (Lipinski definition) is 6. The normalized spacial score (nSPS) is 12.4. The van der Waals surface area contributed by atoms with Gasteiger partial charge in [-0.25, -0.2) is 0 Å². The number of carbonyl (C=O) groups excluding carboxylic acids is 3. The number of allylic oxidation sites excluding steroid dienone is 10. The van der Waals surface area contributed by atoms with E-state index < -0.39 is 6.10 Å². The summed E-state index contributed by atoms with van der Waals surface area (Å²) < 4.78 is 16.9. The van der Waals surface area contributed by atoms with Crippen molar-refractivity contribution < 1.29 is 28.6 Å². The lowest BCUT2D eigenvalue weighted by Gasteiger charge is -2.18. The van der Waals surface area contributed by atoms with Gasteiger partial charge in [-0.1, -0.05) is 287 Å². The van der Waals surface area contributed by atoms with Crippen LogP contribution in [0.25, 0.3) is 0 Å². The van der Waals surface area contributed by atoms with Gasteiger partial charge in [-0.15, -0.1) is 0 Å². The van der Waals surface area contributed by atoms with Gasteiger partial charge in [0, 0.05) is 19.3 Å². The van der Waals surface area contributed by atoms with Crippen LogP contribution in [0.4, 0.5) is 0 Å². The van der Waals surface area contributed by atoms with Gasteiger partial charge >= 0.3 is 17.9 Å². The van der Waals surface area contributed by atoms with E-state index >= 15 is 0 Å². The molecule has 73 heavy (non-hydrogen) atoms. The maximum Gasteiger partial charge on any atom is 0.306 e. The molecule has 6 nitrogen and oxygen atoms in total. The van der Waals surface area contributed by atoms with Gasteiger partial charge in [0.25, 0.3) is 0 Å². The van der Waals surface area contributed by atoms with Crippen molar-refractivity contribution in [3.05, 3.63) is 60.8 Å². The van der Waals surface area contributed by atoms with E-state index in [0.717, 1.165) is 96.3 Å². The van der Waals surface area contributed by atoms with Gasteiger partial charge in [-0.05, 0) is 83.5 Å². The molecule has 0 heterocycles. The van der Waals surface area contributed by atoms with Gasteiger partial charge in [0.15, 0.2) is 6.10 Å². The number of rotatable bonds is 58. The van der Waals surface area contributed by atoms with E-state index in [9.17, 15) is 14.4 Å². The van der Waals surface area contributed by atoms with E-state index in [2.05, 4.69) is 81.5 Å². The van der Waals surface area contributed by atoms with Crippen molar-refractivity contribution in [3.63, 3.8) is 0 Å². The van der Waals surface area contributed by atoms with Crippen molar-refractivity contribution in [2.45, 2.75) is 335 Å². The lowest BCUT2D eigenvalue weighted by Crippen LogP contribution is -2.30. The summed E-state index contributed by atoms with van der Waals surface area (Å²) >= 11 is 0. The number of ether oxygens (including phenoxy) is 3. The van der Waals surface area contributed by atoms with Crippen molar-refractivity contribution in [2.24, 2.45) is 0 Å². The second-order valence-corrected chi connectivity index (χ2v) is 21.3. The third-order valence-corrected chi connectivity index (χ3v) is 14.0. The lowest BCUT2D eigenvalue weighted by molar-refractivity contribution is -0.167. The first kappa shape index (κ1) is 70.1. The van der Waals surface area contributed by atoms with Crippen LogP contribution in [0.2, 0.25) is 0 Å². The van der Waals surface area contributed by atoms with Crippen LogP contribution in [0.3, 0.4) is 0 Å². The number of carbonyl (C=O) groups is 3. The zero-order valence-electron chi connectivity index (χ0n) is 48.7. The summed E-state index contributed by atoms with van der Waals surface area (Å²) in [6.45, 7) is 6.53. The van der Waals surface area contributed by atoms with E-state index in [1.54, 1.807) is 0 Å². The zero-order chi connectivity index (χ0) is 52.9. The molecule has 0 rings (SSSR count). The fraction of sp³-hybridized carbons (Fsp3) is 0.806. The molecule has 0 fully saturated rings. The highest BCUT2D eigenvalue weighted by Crippen LogP contribution is 2.17. The van der Waals surface area contributed by atoms with Crippen molar-refractivity contribution in [3.8, 4) is 0 Å². The topological polar surface area (TPSA) is 78.9 Å². The summed E-state index contributed by atoms with van der Waals surface area (Å²) in [5, 5.41) is 0. The van der Waals surface area contributed by atoms with E-state index in [4.69, 9.17) is 14.2 Å². The Kier molecular flexibility index (Phi) is 59.2. The number of unbranched alkanes of at least 4 members (excludes halogenated alkanes) is 37. The molecule has 0 amide bonds. The number of hydrogen-bond donors (Lipinski definition) is 0. The smallest absolute Gasteiger partial charge is 0.306 e. The van der Waals surface area contributed by atoms with E-state index in [1.165, 1.54) is 193 Å². The minimum absolute atomic E-state index is 0.0769. The van der Waals surface area contributed by atoms with Crippen molar-refractivity contribution >= 4 is 17.9 Å². The Labute approximate surface area is 453 Å². The van der Waals surface area contributed by atoms with E-state index in [0.29, 0.717) is 19.3 Å². The van der Waals surface area contributed by atoms with Crippen molar-refractivity contribution in [2.75, 3.05) is 13.2 Å². The third kappa shape index (κ3) is 59.9. The largest absolute Gasteiger partial charge is 0.462 e. The number of esters is 3. The molecule has 0 aromatic carbocycles. The molecule has 0 aromatic heterocycles. The predicted molar refractivity (Wildman–Crippen MR) is 316 cm³/mol. The summed E-state index contributed by atoms with van der Waals surface area (Å²) in [6, 6.07) is 0. The Morgan fingerprint density at radius 1 is 0.288 bits per heavy atom. The third-order valence-electron chi connectivity index (χ3n) is 14.0. The van der Waals surface area contributed by atoms with Crippen LogP contribution in [-0.2, 0) is 28.6 Å². The molecule has 0 saturated carbocycles. The summed E-state index contributed by atoms with van der Waals surface area (Å²) in [5.74, 6) is -0.878. The minimum atomic E-state index is -0.779. The molecule has 0 radical (unpaired) electrons. The molecular formula is C67H120O6. The summed E-state index contributed by atoms with van der Waals surface area (Å²) in [6.07, 6.45) is 78.2. The first-order valence-electron chi connectivity index (χ1n) is 31.8. The maximum absolute atomic E-state index is 12.9.